The molecule has 1 aliphatic rings. The minimum Gasteiger partial charge on any atom is -0.234 e. The second kappa shape index (κ2) is 3.05. The largest absolute Gasteiger partial charge is 0.234 e. The highest BCUT2D eigenvalue weighted by molar-refractivity contribution is 7.85. The van der Waals surface area contributed by atoms with Gasteiger partial charge in [0, 0.05) is 5.71 Å². The molecule has 0 heterocycles. The standard InChI is InChI=1S/C8H15NOS/c1-8(2,3)11(10)9-7-5-4-6-7/h4-6H2,1-3H3/t11-/m1/s1. The lowest BCUT2D eigenvalue weighted by Gasteiger charge is -2.18. The smallest absolute Gasteiger partial charge is 0.144 e. The Bertz CT molecular complexity index is 197. The second-order valence-electron chi connectivity index (χ2n) is 3.87. The molecule has 0 bridgehead atoms. The molecule has 1 aliphatic carbocycles. The van der Waals surface area contributed by atoms with Crippen molar-refractivity contribution in [2.75, 3.05) is 0 Å². The molecule has 11 heavy (non-hydrogen) atoms. The van der Waals surface area contributed by atoms with Gasteiger partial charge in [-0.1, -0.05) is 0 Å². The van der Waals surface area contributed by atoms with Gasteiger partial charge in [0.15, 0.2) is 0 Å². The molecule has 0 spiro atoms. The third kappa shape index (κ3) is 2.40. The summed E-state index contributed by atoms with van der Waals surface area (Å²) in [6, 6.07) is 0. The third-order valence-electron chi connectivity index (χ3n) is 1.67. The molecule has 0 aromatic carbocycles. The molecule has 1 atom stereocenters. The molecular formula is C8H15NOS. The van der Waals surface area contributed by atoms with Gasteiger partial charge in [-0.15, -0.1) is 0 Å². The topological polar surface area (TPSA) is 29.4 Å². The van der Waals surface area contributed by atoms with Gasteiger partial charge in [0.05, 0.1) is 4.75 Å². The molecule has 0 saturated heterocycles. The summed E-state index contributed by atoms with van der Waals surface area (Å²) < 4.78 is 15.3. The van der Waals surface area contributed by atoms with E-state index in [4.69, 9.17) is 0 Å². The maximum atomic E-state index is 11.4. The zero-order valence-corrected chi connectivity index (χ0v) is 8.20. The fourth-order valence-corrected chi connectivity index (χ4v) is 1.37. The van der Waals surface area contributed by atoms with Crippen LogP contribution in [0.15, 0.2) is 4.40 Å². The first-order chi connectivity index (χ1) is 5.00. The molecule has 0 radical (unpaired) electrons. The van der Waals surface area contributed by atoms with Gasteiger partial charge < -0.3 is 0 Å². The van der Waals surface area contributed by atoms with Crippen molar-refractivity contribution in [1.82, 2.24) is 0 Å². The van der Waals surface area contributed by atoms with E-state index >= 15 is 0 Å². The summed E-state index contributed by atoms with van der Waals surface area (Å²) in [4.78, 5) is 0. The van der Waals surface area contributed by atoms with E-state index in [0.717, 1.165) is 18.6 Å². The molecule has 64 valence electrons. The quantitative estimate of drug-likeness (QED) is 0.597. The Labute approximate surface area is 70.7 Å². The van der Waals surface area contributed by atoms with Crippen LogP contribution in [0.2, 0.25) is 0 Å². The van der Waals surface area contributed by atoms with Crippen molar-refractivity contribution < 1.29 is 4.21 Å². The summed E-state index contributed by atoms with van der Waals surface area (Å²) in [6.07, 6.45) is 3.34. The molecule has 0 aliphatic heterocycles. The Balaban J connectivity index is 2.55. The molecule has 1 rings (SSSR count). The van der Waals surface area contributed by atoms with Crippen molar-refractivity contribution >= 4 is 16.7 Å². The van der Waals surface area contributed by atoms with E-state index < -0.39 is 11.0 Å². The molecule has 0 aromatic heterocycles. The summed E-state index contributed by atoms with van der Waals surface area (Å²) in [5, 5.41) is 0. The van der Waals surface area contributed by atoms with Crippen LogP contribution in [0, 0.1) is 0 Å². The van der Waals surface area contributed by atoms with E-state index in [1.165, 1.54) is 6.42 Å². The highest BCUT2D eigenvalue weighted by atomic mass is 32.2. The van der Waals surface area contributed by atoms with E-state index in [0.29, 0.717) is 0 Å². The number of hydrogen-bond acceptors (Lipinski definition) is 1. The van der Waals surface area contributed by atoms with E-state index in [1.807, 2.05) is 20.8 Å². The van der Waals surface area contributed by atoms with Crippen molar-refractivity contribution in [2.24, 2.45) is 4.40 Å². The van der Waals surface area contributed by atoms with Gasteiger partial charge >= 0.3 is 0 Å². The van der Waals surface area contributed by atoms with Gasteiger partial charge in [-0.2, -0.15) is 4.40 Å². The maximum absolute atomic E-state index is 11.4. The number of hydrogen-bond donors (Lipinski definition) is 0. The molecule has 0 unspecified atom stereocenters. The fraction of sp³-hybridized carbons (Fsp3) is 0.875. The zero-order chi connectivity index (χ0) is 8.48. The van der Waals surface area contributed by atoms with Gasteiger partial charge in [0.25, 0.3) is 0 Å². The fourth-order valence-electron chi connectivity index (χ4n) is 0.680. The molecule has 3 heteroatoms. The molecule has 0 N–H and O–H groups in total. The lowest BCUT2D eigenvalue weighted by Crippen LogP contribution is -2.22. The van der Waals surface area contributed by atoms with Gasteiger partial charge in [-0.05, 0) is 40.0 Å². The molecule has 2 nitrogen and oxygen atoms in total. The Morgan fingerprint density at radius 2 is 1.91 bits per heavy atom. The molecular weight excluding hydrogens is 158 g/mol. The van der Waals surface area contributed by atoms with Gasteiger partial charge in [0.1, 0.15) is 11.0 Å². The normalized spacial score (nSPS) is 20.8. The number of nitrogens with zero attached hydrogens (tertiary/aromatic N) is 1. The van der Waals surface area contributed by atoms with Crippen LogP contribution in [0.5, 0.6) is 0 Å². The van der Waals surface area contributed by atoms with E-state index in [-0.39, 0.29) is 4.75 Å². The summed E-state index contributed by atoms with van der Waals surface area (Å²) in [5.74, 6) is 0. The van der Waals surface area contributed by atoms with Crippen LogP contribution < -0.4 is 0 Å². The first kappa shape index (κ1) is 8.91. The minimum atomic E-state index is -1.03. The lowest BCUT2D eigenvalue weighted by molar-refractivity contribution is 0.649. The first-order valence-corrected chi connectivity index (χ1v) is 5.09. The first-order valence-electron chi connectivity index (χ1n) is 3.98. The summed E-state index contributed by atoms with van der Waals surface area (Å²) in [5.41, 5.74) is 1.14. The minimum absolute atomic E-state index is 0.192. The Morgan fingerprint density at radius 1 is 1.36 bits per heavy atom. The van der Waals surface area contributed by atoms with E-state index in [9.17, 15) is 4.21 Å². The molecule has 0 amide bonds. The second-order valence-corrected chi connectivity index (χ2v) is 5.78. The van der Waals surface area contributed by atoms with Crippen LogP contribution in [0.1, 0.15) is 40.0 Å². The third-order valence-corrected chi connectivity index (χ3v) is 3.14. The van der Waals surface area contributed by atoms with Crippen LogP contribution in [0.25, 0.3) is 0 Å². The van der Waals surface area contributed by atoms with Crippen molar-refractivity contribution in [3.63, 3.8) is 0 Å². The van der Waals surface area contributed by atoms with Crippen molar-refractivity contribution in [3.05, 3.63) is 0 Å². The van der Waals surface area contributed by atoms with E-state index in [2.05, 4.69) is 4.40 Å². The van der Waals surface area contributed by atoms with E-state index in [1.54, 1.807) is 0 Å². The molecule has 0 aromatic rings. The van der Waals surface area contributed by atoms with Crippen LogP contribution in [0.3, 0.4) is 0 Å². The highest BCUT2D eigenvalue weighted by Crippen LogP contribution is 2.19. The van der Waals surface area contributed by atoms with Crippen LogP contribution in [-0.2, 0) is 11.0 Å². The highest BCUT2D eigenvalue weighted by Gasteiger charge is 2.21. The SMILES string of the molecule is CC(C)(C)[S@@](=O)N=C1CCC1. The average Bonchev–Trinajstić information content (AvgIpc) is 1.75. The predicted molar refractivity (Wildman–Crippen MR) is 49.2 cm³/mol. The van der Waals surface area contributed by atoms with Crippen LogP contribution in [-0.4, -0.2) is 14.7 Å². The van der Waals surface area contributed by atoms with Crippen molar-refractivity contribution in [2.45, 2.75) is 44.8 Å². The van der Waals surface area contributed by atoms with Crippen molar-refractivity contribution in [1.29, 1.82) is 0 Å². The Hall–Kier alpha value is -0.180. The molecule has 1 fully saturated rings. The number of rotatable bonds is 1. The zero-order valence-electron chi connectivity index (χ0n) is 7.39. The van der Waals surface area contributed by atoms with Crippen LogP contribution in [0.4, 0.5) is 0 Å². The average molecular weight is 173 g/mol. The summed E-state index contributed by atoms with van der Waals surface area (Å²) in [6.45, 7) is 5.85. The summed E-state index contributed by atoms with van der Waals surface area (Å²) >= 11 is 0. The maximum Gasteiger partial charge on any atom is 0.144 e. The Kier molecular flexibility index (Phi) is 2.47. The van der Waals surface area contributed by atoms with Crippen LogP contribution >= 0.6 is 0 Å². The Morgan fingerprint density at radius 3 is 2.18 bits per heavy atom. The van der Waals surface area contributed by atoms with Gasteiger partial charge in [-0.25, -0.2) is 4.21 Å². The predicted octanol–water partition coefficient (Wildman–Crippen LogP) is 2.07. The van der Waals surface area contributed by atoms with Gasteiger partial charge in [-0.3, -0.25) is 0 Å². The monoisotopic (exact) mass is 173 g/mol. The van der Waals surface area contributed by atoms with Gasteiger partial charge in [0.2, 0.25) is 0 Å². The molecule has 1 saturated carbocycles. The summed E-state index contributed by atoms with van der Waals surface area (Å²) in [7, 11) is -1.03. The van der Waals surface area contributed by atoms with Crippen molar-refractivity contribution in [3.8, 4) is 0 Å². The lowest BCUT2D eigenvalue weighted by atomic mass is 9.98.